The van der Waals surface area contributed by atoms with Crippen molar-refractivity contribution in [3.05, 3.63) is 65.2 Å². The Balaban J connectivity index is 1.33. The number of halogens is 3. The molecule has 0 bridgehead atoms. The minimum absolute atomic E-state index is 0.0791. The van der Waals surface area contributed by atoms with Crippen molar-refractivity contribution in [2.24, 2.45) is 10.9 Å². The van der Waals surface area contributed by atoms with Crippen molar-refractivity contribution in [1.82, 2.24) is 9.80 Å². The lowest BCUT2D eigenvalue weighted by Crippen LogP contribution is -2.54. The highest BCUT2D eigenvalue weighted by Gasteiger charge is 2.35. The van der Waals surface area contributed by atoms with Crippen LogP contribution in [0.5, 0.6) is 0 Å². The van der Waals surface area contributed by atoms with Crippen LogP contribution in [-0.2, 0) is 15.7 Å². The van der Waals surface area contributed by atoms with Gasteiger partial charge in [-0.15, -0.1) is 0 Å². The first kappa shape index (κ1) is 26.7. The summed E-state index contributed by atoms with van der Waals surface area (Å²) < 4.78 is 43.9. The fourth-order valence-corrected chi connectivity index (χ4v) is 5.22. The van der Waals surface area contributed by atoms with Gasteiger partial charge in [0, 0.05) is 56.6 Å². The number of nitrogens with two attached hydrogens (primary N) is 1. The predicted octanol–water partition coefficient (Wildman–Crippen LogP) is 3.30. The lowest BCUT2D eigenvalue weighted by atomic mass is 9.97. The van der Waals surface area contributed by atoms with Gasteiger partial charge in [-0.2, -0.15) is 13.2 Å². The molecule has 2 aromatic rings. The van der Waals surface area contributed by atoms with Gasteiger partial charge in [0.15, 0.2) is 5.84 Å². The van der Waals surface area contributed by atoms with E-state index in [0.717, 1.165) is 56.8 Å². The molecule has 0 aliphatic carbocycles. The molecule has 0 radical (unpaired) electrons. The van der Waals surface area contributed by atoms with E-state index in [2.05, 4.69) is 15.0 Å². The third-order valence-corrected chi connectivity index (χ3v) is 7.31. The van der Waals surface area contributed by atoms with Crippen LogP contribution in [-0.4, -0.2) is 79.2 Å². The van der Waals surface area contributed by atoms with Gasteiger partial charge in [0.1, 0.15) is 6.04 Å². The van der Waals surface area contributed by atoms with Crippen LogP contribution in [0.1, 0.15) is 35.6 Å². The van der Waals surface area contributed by atoms with Crippen molar-refractivity contribution in [3.8, 4) is 0 Å². The second kappa shape index (κ2) is 11.4. The van der Waals surface area contributed by atoms with Gasteiger partial charge in [0.25, 0.3) is 0 Å². The first-order valence-electron chi connectivity index (χ1n) is 12.3. The molecule has 1 unspecified atom stereocenters. The van der Waals surface area contributed by atoms with Crippen molar-refractivity contribution in [2.45, 2.75) is 31.1 Å². The van der Waals surface area contributed by atoms with Gasteiger partial charge in [-0.25, -0.2) is 4.79 Å². The SMILES string of the molecule is COC(=O)C(c1ccc(C(F)(F)F)cc1)N1CCC(N2CCN(c3ccc(C(N)=NO)cc3)CC2)CC1. The second-order valence-electron chi connectivity index (χ2n) is 9.37. The fraction of sp³-hybridized carbons (Fsp3) is 0.462. The monoisotopic (exact) mass is 519 g/mol. The highest BCUT2D eigenvalue weighted by molar-refractivity contribution is 5.97. The molecule has 3 N–H and O–H groups in total. The fourth-order valence-electron chi connectivity index (χ4n) is 5.22. The zero-order valence-corrected chi connectivity index (χ0v) is 20.7. The van der Waals surface area contributed by atoms with Crippen LogP contribution >= 0.6 is 0 Å². The molecule has 2 aromatic carbocycles. The average molecular weight is 520 g/mol. The molecule has 2 heterocycles. The Morgan fingerprint density at radius 1 is 1.00 bits per heavy atom. The number of oxime groups is 1. The molecular weight excluding hydrogens is 487 g/mol. The quantitative estimate of drug-likeness (QED) is 0.199. The molecular formula is C26H32F3N5O3. The maximum Gasteiger partial charge on any atom is 0.416 e. The Morgan fingerprint density at radius 3 is 2.11 bits per heavy atom. The van der Waals surface area contributed by atoms with Crippen LogP contribution in [0.25, 0.3) is 0 Å². The molecule has 4 rings (SSSR count). The van der Waals surface area contributed by atoms with Crippen LogP contribution in [0.3, 0.4) is 0 Å². The number of amidine groups is 1. The summed E-state index contributed by atoms with van der Waals surface area (Å²) in [6.45, 7) is 4.87. The van der Waals surface area contributed by atoms with Gasteiger partial charge in [0.2, 0.25) is 0 Å². The van der Waals surface area contributed by atoms with Gasteiger partial charge in [-0.3, -0.25) is 9.80 Å². The highest BCUT2D eigenvalue weighted by atomic mass is 19.4. The van der Waals surface area contributed by atoms with Crippen molar-refractivity contribution in [1.29, 1.82) is 0 Å². The second-order valence-corrected chi connectivity index (χ2v) is 9.37. The predicted molar refractivity (Wildman–Crippen MR) is 134 cm³/mol. The number of methoxy groups -OCH3 is 1. The number of piperazine rings is 1. The van der Waals surface area contributed by atoms with Crippen LogP contribution < -0.4 is 10.6 Å². The number of likely N-dealkylation sites (tertiary alicyclic amines) is 1. The minimum Gasteiger partial charge on any atom is -0.468 e. The molecule has 1 atom stereocenters. The molecule has 2 aliphatic rings. The summed E-state index contributed by atoms with van der Waals surface area (Å²) in [6, 6.07) is 12.0. The lowest BCUT2D eigenvalue weighted by Gasteiger charge is -2.44. The Bertz CT molecular complexity index is 1080. The number of carbonyl (C=O) groups excluding carboxylic acids is 1. The highest BCUT2D eigenvalue weighted by Crippen LogP contribution is 2.32. The molecule has 37 heavy (non-hydrogen) atoms. The first-order chi connectivity index (χ1) is 17.7. The van der Waals surface area contributed by atoms with E-state index in [1.807, 2.05) is 29.2 Å². The summed E-state index contributed by atoms with van der Waals surface area (Å²) in [5.41, 5.74) is 7.16. The van der Waals surface area contributed by atoms with E-state index in [-0.39, 0.29) is 5.84 Å². The largest absolute Gasteiger partial charge is 0.468 e. The van der Waals surface area contributed by atoms with Crippen LogP contribution in [0.2, 0.25) is 0 Å². The molecule has 200 valence electrons. The zero-order valence-electron chi connectivity index (χ0n) is 20.7. The molecule has 2 aliphatic heterocycles. The normalized spacial score (nSPS) is 19.6. The third-order valence-electron chi connectivity index (χ3n) is 7.31. The summed E-state index contributed by atoms with van der Waals surface area (Å²) in [4.78, 5) is 19.4. The average Bonchev–Trinajstić information content (AvgIpc) is 2.93. The van der Waals surface area contributed by atoms with E-state index >= 15 is 0 Å². The van der Waals surface area contributed by atoms with Crippen molar-refractivity contribution >= 4 is 17.5 Å². The van der Waals surface area contributed by atoms with Crippen LogP contribution in [0.4, 0.5) is 18.9 Å². The molecule has 0 spiro atoms. The van der Waals surface area contributed by atoms with Crippen LogP contribution in [0.15, 0.2) is 53.7 Å². The van der Waals surface area contributed by atoms with E-state index in [1.165, 1.54) is 19.2 Å². The van der Waals surface area contributed by atoms with Gasteiger partial charge < -0.3 is 20.6 Å². The molecule has 0 aromatic heterocycles. The van der Waals surface area contributed by atoms with E-state index < -0.39 is 23.8 Å². The maximum absolute atomic E-state index is 13.0. The number of hydrogen-bond acceptors (Lipinski definition) is 7. The smallest absolute Gasteiger partial charge is 0.416 e. The molecule has 8 nitrogen and oxygen atoms in total. The molecule has 0 saturated carbocycles. The number of nitrogens with zero attached hydrogens (tertiary/aromatic N) is 4. The number of esters is 1. The Labute approximate surface area is 214 Å². The Kier molecular flexibility index (Phi) is 8.23. The number of carbonyl (C=O) groups is 1. The van der Waals surface area contributed by atoms with Crippen molar-refractivity contribution in [3.63, 3.8) is 0 Å². The van der Waals surface area contributed by atoms with Gasteiger partial charge in [-0.1, -0.05) is 17.3 Å². The third kappa shape index (κ3) is 6.16. The van der Waals surface area contributed by atoms with E-state index in [4.69, 9.17) is 15.7 Å². The molecule has 11 heteroatoms. The number of benzene rings is 2. The minimum atomic E-state index is -4.42. The summed E-state index contributed by atoms with van der Waals surface area (Å²) >= 11 is 0. The molecule has 0 amide bonds. The number of piperidine rings is 1. The lowest BCUT2D eigenvalue weighted by molar-refractivity contribution is -0.148. The Hall–Kier alpha value is -3.31. The van der Waals surface area contributed by atoms with Gasteiger partial charge >= 0.3 is 12.1 Å². The van der Waals surface area contributed by atoms with E-state index in [9.17, 15) is 18.0 Å². The van der Waals surface area contributed by atoms with E-state index in [0.29, 0.717) is 30.3 Å². The first-order valence-corrected chi connectivity index (χ1v) is 12.3. The van der Waals surface area contributed by atoms with E-state index in [1.54, 1.807) is 0 Å². The summed E-state index contributed by atoms with van der Waals surface area (Å²) in [6.07, 6.45) is -2.70. The summed E-state index contributed by atoms with van der Waals surface area (Å²) in [5, 5.41) is 11.9. The Morgan fingerprint density at radius 2 is 1.59 bits per heavy atom. The van der Waals surface area contributed by atoms with Crippen molar-refractivity contribution < 1.29 is 27.9 Å². The molecule has 2 fully saturated rings. The van der Waals surface area contributed by atoms with Crippen molar-refractivity contribution in [2.75, 3.05) is 51.3 Å². The molecule has 2 saturated heterocycles. The van der Waals surface area contributed by atoms with Gasteiger partial charge in [-0.05, 0) is 54.8 Å². The summed E-state index contributed by atoms with van der Waals surface area (Å²) in [7, 11) is 1.30. The number of anilines is 1. The van der Waals surface area contributed by atoms with Crippen LogP contribution in [0, 0.1) is 0 Å². The standard InChI is InChI=1S/C26H32F3N5O3/c1-37-25(35)23(18-2-6-20(7-3-18)26(27,28)29)34-12-10-22(11-13-34)33-16-14-32(15-17-33)21-8-4-19(5-9-21)24(30)31-36/h2-9,22-23,36H,10-17H2,1H3,(H2,30,31). The van der Waals surface area contributed by atoms with Gasteiger partial charge in [0.05, 0.1) is 12.7 Å². The topological polar surface area (TPSA) is 94.6 Å². The zero-order chi connectivity index (χ0) is 26.6. The summed E-state index contributed by atoms with van der Waals surface area (Å²) in [5.74, 6) is -0.389. The number of hydrogen-bond donors (Lipinski definition) is 2. The number of ether oxygens (including phenoxy) is 1. The number of alkyl halides is 3. The maximum atomic E-state index is 13.0. The number of rotatable bonds is 6.